The van der Waals surface area contributed by atoms with Gasteiger partial charge in [0.1, 0.15) is 11.9 Å². The van der Waals surface area contributed by atoms with E-state index < -0.39 is 60.0 Å². The van der Waals surface area contributed by atoms with E-state index in [-0.39, 0.29) is 94.5 Å². The summed E-state index contributed by atoms with van der Waals surface area (Å²) in [6, 6.07) is 1.04. The summed E-state index contributed by atoms with van der Waals surface area (Å²) in [5, 5.41) is 13.0. The first kappa shape index (κ1) is 38.4. The van der Waals surface area contributed by atoms with E-state index in [0.29, 0.717) is 4.57 Å². The number of phosphoric acid groups is 3. The van der Waals surface area contributed by atoms with Crippen LogP contribution in [0.2, 0.25) is 0 Å². The van der Waals surface area contributed by atoms with Crippen molar-refractivity contribution in [3.05, 3.63) is 33.2 Å². The molecule has 1 fully saturated rings. The van der Waals surface area contributed by atoms with Crippen LogP contribution in [0.15, 0.2) is 22.2 Å². The van der Waals surface area contributed by atoms with Crippen molar-refractivity contribution in [1.29, 1.82) is 0 Å². The maximum absolute atomic E-state index is 14.6. The van der Waals surface area contributed by atoms with Crippen LogP contribution >= 0.6 is 23.5 Å². The van der Waals surface area contributed by atoms with E-state index in [4.69, 9.17) is 20.9 Å². The van der Waals surface area contributed by atoms with Gasteiger partial charge < -0.3 is 39.7 Å². The summed E-state index contributed by atoms with van der Waals surface area (Å²) < 4.78 is 63.9. The zero-order valence-electron chi connectivity index (χ0n) is 18.0. The number of ether oxygens (including phenoxy) is 1. The molecule has 4 N–H and O–H groups in total. The molecule has 26 heteroatoms. The van der Waals surface area contributed by atoms with Gasteiger partial charge in [-0.25, -0.2) is 17.8 Å². The molecule has 0 spiro atoms. The third kappa shape index (κ3) is 10.7. The molecule has 2 heterocycles. The van der Waals surface area contributed by atoms with Crippen LogP contribution in [0.1, 0.15) is 6.23 Å². The van der Waals surface area contributed by atoms with E-state index in [1.807, 2.05) is 0 Å². The van der Waals surface area contributed by atoms with Crippen LogP contribution in [0.25, 0.3) is 10.4 Å². The second-order valence-electron chi connectivity index (χ2n) is 5.77. The fourth-order valence-corrected chi connectivity index (χ4v) is 5.25. The third-order valence-electron chi connectivity index (χ3n) is 3.53. The number of halogens is 1. The molecule has 0 aromatic carbocycles. The van der Waals surface area contributed by atoms with E-state index in [2.05, 4.69) is 28.2 Å². The topological polar surface area (TPSA) is 307 Å². The monoisotopic (exact) mass is 592 g/mol. The zero-order valence-corrected chi connectivity index (χ0v) is 26.7. The standard InChI is InChI=1S/C9H14FN6O13P3.3Na/c10-5-6(17)9(14-15-12,27-7(5)16-2-1-4(11)13-8(16)18)3-26-31(22,23)29-32(24,25)28-30(19,20)21;;;/h1-2,5-7,17H,3H2,(H,22,23)(H,24,25)(H2,11,13,18)(H2,19,20,21);;;/q;3*+1/p-3/t5-,6-,7+,9+;;;/m0.../s1. The maximum Gasteiger partial charge on any atom is 1.00 e. The molecule has 19 nitrogen and oxygen atoms in total. The van der Waals surface area contributed by atoms with E-state index >= 15 is 0 Å². The number of nitrogens with zero attached hydrogens (tertiary/aromatic N) is 5. The Morgan fingerprint density at radius 2 is 1.86 bits per heavy atom. The SMILES string of the molecule is [N-]=[N+]=N[C@]1(COP(=O)([O-])OP(=O)([O-])OP(=O)([O-])O)O[C@@H](n2ccc(N)nc2=O)[C@@H](F)[C@@H]1O.[Na+].[Na+].[Na+]. The summed E-state index contributed by atoms with van der Waals surface area (Å²) in [5.41, 5.74) is 9.91. The van der Waals surface area contributed by atoms with Gasteiger partial charge >= 0.3 is 94.4 Å². The quantitative estimate of drug-likeness (QED) is 0.0788. The van der Waals surface area contributed by atoms with Crippen LogP contribution in [-0.4, -0.2) is 44.2 Å². The third-order valence-corrected chi connectivity index (χ3v) is 7.20. The van der Waals surface area contributed by atoms with E-state index in [0.717, 1.165) is 12.3 Å². The van der Waals surface area contributed by atoms with Gasteiger partial charge in [-0.15, -0.1) is 0 Å². The second kappa shape index (κ2) is 14.6. The summed E-state index contributed by atoms with van der Waals surface area (Å²) in [6.07, 6.45) is -6.18. The Hall–Kier alpha value is 1.25. The van der Waals surface area contributed by atoms with Crippen LogP contribution in [-0.2, 0) is 31.6 Å². The van der Waals surface area contributed by atoms with Gasteiger partial charge in [0.05, 0.1) is 6.61 Å². The van der Waals surface area contributed by atoms with Crippen molar-refractivity contribution in [2.75, 3.05) is 12.3 Å². The molecule has 0 bridgehead atoms. The maximum atomic E-state index is 14.6. The fraction of sp³-hybridized carbons (Fsp3) is 0.556. The molecule has 0 aliphatic carbocycles. The summed E-state index contributed by atoms with van der Waals surface area (Å²) in [5.74, 6) is -0.260. The number of nitrogen functional groups attached to an aromatic ring is 1. The zero-order chi connectivity index (χ0) is 24.5. The molecular formula is C9H11FN6Na3O13P3. The fourth-order valence-electron chi connectivity index (χ4n) is 2.34. The van der Waals surface area contributed by atoms with Crippen molar-refractivity contribution < 1.29 is 149 Å². The number of aliphatic hydroxyl groups excluding tert-OH is 1. The number of aliphatic hydroxyl groups is 1. The second-order valence-corrected chi connectivity index (χ2v) is 10.1. The molecule has 2 rings (SSSR count). The van der Waals surface area contributed by atoms with E-state index in [1.54, 1.807) is 0 Å². The summed E-state index contributed by atoms with van der Waals surface area (Å²) in [6.45, 7) is -1.62. The molecule has 0 radical (unpaired) electrons. The molecule has 180 valence electrons. The molecule has 1 aliphatic rings. The Morgan fingerprint density at radius 3 is 2.34 bits per heavy atom. The van der Waals surface area contributed by atoms with Crippen molar-refractivity contribution in [2.45, 2.75) is 24.2 Å². The number of aromatic nitrogens is 2. The number of anilines is 1. The molecule has 1 aliphatic heterocycles. The number of azide groups is 1. The number of rotatable bonds is 9. The van der Waals surface area contributed by atoms with E-state index in [9.17, 15) is 42.7 Å². The Balaban J connectivity index is 0. The number of phosphoric ester groups is 1. The smallest absolute Gasteiger partial charge is 0.756 e. The Labute approximate surface area is 260 Å². The summed E-state index contributed by atoms with van der Waals surface area (Å²) in [7, 11) is -18.3. The van der Waals surface area contributed by atoms with Gasteiger partial charge in [0.2, 0.25) is 5.72 Å². The van der Waals surface area contributed by atoms with Crippen molar-refractivity contribution in [3.8, 4) is 0 Å². The van der Waals surface area contributed by atoms with Gasteiger partial charge in [-0.1, -0.05) is 5.11 Å². The molecule has 1 saturated heterocycles. The summed E-state index contributed by atoms with van der Waals surface area (Å²) >= 11 is 0. The van der Waals surface area contributed by atoms with Gasteiger partial charge in [-0.3, -0.25) is 18.3 Å². The van der Waals surface area contributed by atoms with Crippen molar-refractivity contribution in [1.82, 2.24) is 9.55 Å². The number of nitrogens with two attached hydrogens (primary N) is 1. The van der Waals surface area contributed by atoms with Crippen LogP contribution in [0.5, 0.6) is 0 Å². The number of hydrogen-bond acceptors (Lipinski definition) is 15. The minimum atomic E-state index is -6.26. The van der Waals surface area contributed by atoms with Crippen LogP contribution in [0.3, 0.4) is 0 Å². The van der Waals surface area contributed by atoms with Crippen molar-refractivity contribution in [3.63, 3.8) is 0 Å². The van der Waals surface area contributed by atoms with Crippen molar-refractivity contribution in [2.24, 2.45) is 5.11 Å². The van der Waals surface area contributed by atoms with Crippen molar-refractivity contribution >= 4 is 29.3 Å². The first-order valence-corrected chi connectivity index (χ1v) is 12.1. The van der Waals surface area contributed by atoms with Crippen LogP contribution < -0.4 is 115 Å². The van der Waals surface area contributed by atoms with Crippen LogP contribution in [0.4, 0.5) is 10.2 Å². The predicted molar refractivity (Wildman–Crippen MR) is 89.0 cm³/mol. The molecule has 0 saturated carbocycles. The summed E-state index contributed by atoms with van der Waals surface area (Å²) in [4.78, 5) is 59.0. The molecule has 35 heavy (non-hydrogen) atoms. The number of alkyl halides is 1. The van der Waals surface area contributed by atoms with Gasteiger partial charge in [-0.2, -0.15) is 4.98 Å². The van der Waals surface area contributed by atoms with E-state index in [1.165, 1.54) is 0 Å². The minimum absolute atomic E-state index is 0. The van der Waals surface area contributed by atoms with Gasteiger partial charge in [-0.05, 0) is 11.6 Å². The molecule has 1 aromatic heterocycles. The van der Waals surface area contributed by atoms with Gasteiger partial charge in [0, 0.05) is 11.1 Å². The molecule has 0 amide bonds. The van der Waals surface area contributed by atoms with Gasteiger partial charge in [0.25, 0.3) is 23.5 Å². The molecular weight excluding hydrogens is 581 g/mol. The number of hydrogen-bond donors (Lipinski definition) is 3. The minimum Gasteiger partial charge on any atom is -0.756 e. The largest absolute Gasteiger partial charge is 1.00 e. The molecule has 1 aromatic rings. The molecule has 3 unspecified atom stereocenters. The predicted octanol–water partition coefficient (Wildman–Crippen LogP) is -11.5. The first-order chi connectivity index (χ1) is 14.5. The Bertz CT molecular complexity index is 1140. The van der Waals surface area contributed by atoms with Crippen LogP contribution in [0, 0.1) is 0 Å². The first-order valence-electron chi connectivity index (χ1n) is 7.65. The Kier molecular flexibility index (Phi) is 16.0. The molecule has 7 atom stereocenters. The average molecular weight is 592 g/mol. The van der Waals surface area contributed by atoms with Gasteiger partial charge in [0.15, 0.2) is 12.4 Å². The normalized spacial score (nSPS) is 28.5. The Morgan fingerprint density at radius 1 is 1.29 bits per heavy atom. The average Bonchev–Trinajstić information content (AvgIpc) is 2.83.